The van der Waals surface area contributed by atoms with E-state index in [4.69, 9.17) is 0 Å². The molecule has 74 heavy (non-hydrogen) atoms. The van der Waals surface area contributed by atoms with Crippen molar-refractivity contribution >= 4 is 11.8 Å². The summed E-state index contributed by atoms with van der Waals surface area (Å²) in [5.74, 6) is 0.154. The summed E-state index contributed by atoms with van der Waals surface area (Å²) < 4.78 is 8.47. The zero-order valence-electron chi connectivity index (χ0n) is 44.3. The van der Waals surface area contributed by atoms with Gasteiger partial charge in [0.25, 0.3) is 0 Å². The molecule has 2 amide bonds. The molecule has 0 radical (unpaired) electrons. The average Bonchev–Trinajstić information content (AvgIpc) is 4.25. The molecule has 392 valence electrons. The van der Waals surface area contributed by atoms with Crippen molar-refractivity contribution in [2.75, 3.05) is 39.3 Å². The van der Waals surface area contributed by atoms with Crippen LogP contribution in [0, 0.1) is 27.7 Å². The monoisotopic (exact) mass is 1000 g/mol. The second-order valence-corrected chi connectivity index (χ2v) is 18.4. The van der Waals surface area contributed by atoms with Crippen molar-refractivity contribution < 1.29 is 9.59 Å². The molecule has 0 saturated heterocycles. The van der Waals surface area contributed by atoms with E-state index in [0.717, 1.165) is 119 Å². The highest BCUT2D eigenvalue weighted by Crippen LogP contribution is 2.04. The van der Waals surface area contributed by atoms with Crippen LogP contribution >= 0.6 is 0 Å². The molecule has 0 aliphatic heterocycles. The summed E-state index contributed by atoms with van der Waals surface area (Å²) in [5.41, 5.74) is 9.39. The van der Waals surface area contributed by atoms with Gasteiger partial charge in [-0.15, -0.1) is 0 Å². The van der Waals surface area contributed by atoms with E-state index in [1.807, 2.05) is 130 Å². The van der Waals surface area contributed by atoms with Crippen molar-refractivity contribution in [2.45, 2.75) is 105 Å². The molecule has 4 aromatic carbocycles. The molecular weight excluding hydrogens is 921 g/mol. The van der Waals surface area contributed by atoms with Gasteiger partial charge in [-0.1, -0.05) is 121 Å². The van der Waals surface area contributed by atoms with E-state index in [9.17, 15) is 9.59 Å². The molecule has 0 unspecified atom stereocenters. The molecule has 0 fully saturated rings. The molecule has 0 saturated carbocycles. The molecule has 0 spiro atoms. The lowest BCUT2D eigenvalue weighted by atomic mass is 10.1. The second-order valence-electron chi connectivity index (χ2n) is 18.4. The van der Waals surface area contributed by atoms with E-state index in [1.54, 1.807) is 0 Å². The van der Waals surface area contributed by atoms with Crippen LogP contribution in [0.4, 0.5) is 0 Å². The highest BCUT2D eigenvalue weighted by Gasteiger charge is 2.04. The molecule has 0 bridgehead atoms. The first-order valence-corrected chi connectivity index (χ1v) is 26.2. The predicted molar refractivity (Wildman–Crippen MR) is 299 cm³/mol. The number of nitrogens with one attached hydrogen (secondary N) is 4. The van der Waals surface area contributed by atoms with Crippen LogP contribution in [0.25, 0.3) is 0 Å². The van der Waals surface area contributed by atoms with Gasteiger partial charge < -0.3 is 39.5 Å². The van der Waals surface area contributed by atoms with Gasteiger partial charge in [-0.25, -0.2) is 19.9 Å². The number of rotatable bonds is 26. The highest BCUT2D eigenvalue weighted by atomic mass is 16.2. The topological polar surface area (TPSA) is 154 Å². The van der Waals surface area contributed by atoms with Crippen LogP contribution in [0.1, 0.15) is 70.7 Å². The first kappa shape index (κ1) is 57.5. The van der Waals surface area contributed by atoms with Gasteiger partial charge in [-0.05, 0) is 115 Å². The van der Waals surface area contributed by atoms with Crippen molar-refractivity contribution in [3.8, 4) is 0 Å². The summed E-state index contributed by atoms with van der Waals surface area (Å²) >= 11 is 0. The Morgan fingerprint density at radius 3 is 1.12 bits per heavy atom. The minimum atomic E-state index is 0.0769. The average molecular weight is 1000 g/mol. The third kappa shape index (κ3) is 24.8. The van der Waals surface area contributed by atoms with Gasteiger partial charge in [-0.2, -0.15) is 0 Å². The summed E-state index contributed by atoms with van der Waals surface area (Å²) in [6.45, 7) is 17.6. The lowest BCUT2D eigenvalue weighted by molar-refractivity contribution is -0.121. The molecule has 4 aromatic heterocycles. The molecule has 0 atom stereocenters. The van der Waals surface area contributed by atoms with Crippen LogP contribution in [0.3, 0.4) is 0 Å². The molecular formula is C60H80N12O2. The van der Waals surface area contributed by atoms with Crippen molar-refractivity contribution in [2.24, 2.45) is 0 Å². The van der Waals surface area contributed by atoms with Crippen molar-refractivity contribution in [1.29, 1.82) is 0 Å². The molecule has 0 aliphatic carbocycles. The SMILES string of the molecule is Cc1cn(CCCNC(=O)Cc2ccccc2)cn1.Cc1cn(CCCNCCc2ccccc2)cn1.Cc1cncn1CCCNC(=O)Cc1ccccc1.Cc1cncn1CCCNCCc1ccccc1. The fourth-order valence-electron chi connectivity index (χ4n) is 7.85. The maximum atomic E-state index is 11.7. The number of hydrogen-bond acceptors (Lipinski definition) is 8. The fourth-order valence-corrected chi connectivity index (χ4v) is 7.85. The molecule has 4 N–H and O–H groups in total. The maximum Gasteiger partial charge on any atom is 0.224 e. The quantitative estimate of drug-likeness (QED) is 0.0394. The summed E-state index contributed by atoms with van der Waals surface area (Å²) in [4.78, 5) is 40.0. The first-order chi connectivity index (χ1) is 36.2. The Morgan fingerprint density at radius 2 is 0.770 bits per heavy atom. The molecule has 14 heteroatoms. The number of imidazole rings is 4. The van der Waals surface area contributed by atoms with Gasteiger partial charge >= 0.3 is 0 Å². The third-order valence-corrected chi connectivity index (χ3v) is 12.0. The van der Waals surface area contributed by atoms with Gasteiger partial charge in [0.1, 0.15) is 0 Å². The Labute approximate surface area is 440 Å². The first-order valence-electron chi connectivity index (χ1n) is 26.2. The Morgan fingerprint density at radius 1 is 0.419 bits per heavy atom. The number of benzene rings is 4. The molecule has 0 aliphatic rings. The Bertz CT molecular complexity index is 2680. The zero-order chi connectivity index (χ0) is 52.3. The summed E-state index contributed by atoms with van der Waals surface area (Å²) in [6, 6.07) is 40.8. The Kier molecular flexibility index (Phi) is 27.1. The highest BCUT2D eigenvalue weighted by molar-refractivity contribution is 5.78. The largest absolute Gasteiger partial charge is 0.356 e. The van der Waals surface area contributed by atoms with Crippen LogP contribution in [0.5, 0.6) is 0 Å². The Balaban J connectivity index is 0.000000183. The fraction of sp³-hybridized carbons (Fsp3) is 0.367. The van der Waals surface area contributed by atoms with E-state index in [-0.39, 0.29) is 11.8 Å². The number of aryl methyl sites for hydroxylation is 8. The van der Waals surface area contributed by atoms with E-state index in [2.05, 4.69) is 129 Å². The number of amides is 2. The number of hydrogen-bond donors (Lipinski definition) is 4. The Hall–Kier alpha value is -7.42. The molecule has 14 nitrogen and oxygen atoms in total. The van der Waals surface area contributed by atoms with E-state index in [1.165, 1.54) is 16.8 Å². The minimum Gasteiger partial charge on any atom is -0.356 e. The van der Waals surface area contributed by atoms with Gasteiger partial charge in [-0.3, -0.25) is 9.59 Å². The maximum absolute atomic E-state index is 11.7. The standard InChI is InChI=1S/2C15H19N3O.2C15H21N3/c1-13-11-16-12-18(13)9-5-8-17-15(19)10-14-6-3-2-4-7-14;1-13-11-18(12-17-13)9-5-8-16-15(19)10-14-6-3-2-4-7-14;1-14-12-18(13-17-14)11-5-9-16-10-8-15-6-3-2-4-7-15;1-14-12-17-13-18(14)11-5-9-16-10-8-15-6-3-2-4-7-15/h2-4,6-7,11-12H,5,8-10H2,1H3,(H,17,19);2-4,6-7,11-12H,5,8-10H2,1H3,(H,16,19);2*2-4,6-7,12-13,16H,5,8-11H2,1H3. The third-order valence-electron chi connectivity index (χ3n) is 12.0. The number of aromatic nitrogens is 8. The van der Waals surface area contributed by atoms with Crippen molar-refractivity contribution in [1.82, 2.24) is 59.5 Å². The second kappa shape index (κ2) is 34.9. The van der Waals surface area contributed by atoms with Crippen LogP contribution in [0.2, 0.25) is 0 Å². The molecule has 8 rings (SSSR count). The van der Waals surface area contributed by atoms with E-state index in [0.29, 0.717) is 25.9 Å². The van der Waals surface area contributed by atoms with Crippen LogP contribution in [0.15, 0.2) is 171 Å². The van der Waals surface area contributed by atoms with Crippen molar-refractivity contribution in [3.63, 3.8) is 0 Å². The predicted octanol–water partition coefficient (Wildman–Crippen LogP) is 8.71. The van der Waals surface area contributed by atoms with Crippen LogP contribution < -0.4 is 21.3 Å². The van der Waals surface area contributed by atoms with Gasteiger partial charge in [0.15, 0.2) is 0 Å². The lowest BCUT2D eigenvalue weighted by Gasteiger charge is -2.07. The van der Waals surface area contributed by atoms with Crippen LogP contribution in [-0.4, -0.2) is 89.3 Å². The normalized spacial score (nSPS) is 10.5. The van der Waals surface area contributed by atoms with E-state index < -0.39 is 0 Å². The summed E-state index contributed by atoms with van der Waals surface area (Å²) in [5, 5.41) is 12.8. The van der Waals surface area contributed by atoms with Crippen LogP contribution in [-0.2, 0) is 61.5 Å². The zero-order valence-corrected chi connectivity index (χ0v) is 44.3. The number of carbonyl (C=O) groups excluding carboxylic acids is 2. The van der Waals surface area contributed by atoms with Gasteiger partial charge in [0.2, 0.25) is 11.8 Å². The van der Waals surface area contributed by atoms with Crippen molar-refractivity contribution in [3.05, 3.63) is 216 Å². The van der Waals surface area contributed by atoms with Gasteiger partial charge in [0.05, 0.1) is 49.5 Å². The summed E-state index contributed by atoms with van der Waals surface area (Å²) in [6.07, 6.45) is 22.5. The number of carbonyl (C=O) groups is 2. The van der Waals surface area contributed by atoms with Gasteiger partial charge in [0, 0.05) is 75.4 Å². The molecule has 8 aromatic rings. The minimum absolute atomic E-state index is 0.0769. The van der Waals surface area contributed by atoms with E-state index >= 15 is 0 Å². The summed E-state index contributed by atoms with van der Waals surface area (Å²) in [7, 11) is 0. The molecule has 4 heterocycles. The smallest absolute Gasteiger partial charge is 0.224 e. The lowest BCUT2D eigenvalue weighted by Crippen LogP contribution is -2.26. The number of nitrogens with zero attached hydrogens (tertiary/aromatic N) is 8.